The van der Waals surface area contributed by atoms with E-state index in [-0.39, 0.29) is 6.10 Å². The minimum Gasteiger partial charge on any atom is -0.388 e. The fraction of sp³-hybridized carbons (Fsp3) is 0.636. The van der Waals surface area contributed by atoms with Crippen molar-refractivity contribution < 1.29 is 5.11 Å². The molecular weight excluding hydrogens is 194 g/mol. The topological polar surface area (TPSA) is 23.5 Å². The van der Waals surface area contributed by atoms with Crippen LogP contribution in [0.25, 0.3) is 0 Å². The van der Waals surface area contributed by atoms with E-state index in [0.29, 0.717) is 0 Å². The Hall–Kier alpha value is -0.380. The van der Waals surface area contributed by atoms with Crippen LogP contribution in [0.5, 0.6) is 0 Å². The first-order valence-electron chi connectivity index (χ1n) is 5.03. The van der Waals surface area contributed by atoms with Crippen molar-refractivity contribution in [3.05, 3.63) is 21.9 Å². The lowest BCUT2D eigenvalue weighted by Crippen LogP contribution is -2.15. The average Bonchev–Trinajstić information content (AvgIpc) is 2.62. The summed E-state index contributed by atoms with van der Waals surface area (Å²) in [5.74, 6) is 0. The lowest BCUT2D eigenvalue weighted by molar-refractivity contribution is 0.157. The van der Waals surface area contributed by atoms with Crippen LogP contribution in [0.1, 0.15) is 29.9 Å². The number of nitrogens with zero attached hydrogens (tertiary/aromatic N) is 1. The number of aryl methyl sites for hydroxylation is 1. The molecule has 1 unspecified atom stereocenters. The fourth-order valence-corrected chi connectivity index (χ4v) is 2.29. The van der Waals surface area contributed by atoms with Gasteiger partial charge in [0.25, 0.3) is 0 Å². The number of hydrogen-bond acceptors (Lipinski definition) is 3. The zero-order valence-electron chi connectivity index (χ0n) is 9.16. The summed E-state index contributed by atoms with van der Waals surface area (Å²) in [7, 11) is 4.05. The molecule has 0 amide bonds. The molecule has 80 valence electrons. The van der Waals surface area contributed by atoms with Gasteiger partial charge in [-0.15, -0.1) is 11.3 Å². The van der Waals surface area contributed by atoms with Crippen LogP contribution in [0.3, 0.4) is 0 Å². The predicted molar refractivity (Wildman–Crippen MR) is 61.8 cm³/mol. The molecule has 0 saturated heterocycles. The van der Waals surface area contributed by atoms with Crippen molar-refractivity contribution >= 4 is 11.3 Å². The van der Waals surface area contributed by atoms with Crippen LogP contribution < -0.4 is 0 Å². The van der Waals surface area contributed by atoms with Crippen LogP contribution in [-0.2, 0) is 6.42 Å². The molecule has 0 saturated carbocycles. The minimum atomic E-state index is -0.289. The molecule has 0 bridgehead atoms. The zero-order valence-corrected chi connectivity index (χ0v) is 9.97. The smallest absolute Gasteiger partial charge is 0.0894 e. The van der Waals surface area contributed by atoms with Crippen molar-refractivity contribution in [1.29, 1.82) is 0 Å². The van der Waals surface area contributed by atoms with Crippen LogP contribution in [-0.4, -0.2) is 30.6 Å². The van der Waals surface area contributed by atoms with Gasteiger partial charge in [-0.1, -0.05) is 6.92 Å². The first kappa shape index (κ1) is 11.7. The van der Waals surface area contributed by atoms with E-state index < -0.39 is 0 Å². The molecule has 1 N–H and O–H groups in total. The first-order valence-corrected chi connectivity index (χ1v) is 5.91. The van der Waals surface area contributed by atoms with E-state index in [1.807, 2.05) is 14.1 Å². The maximum atomic E-state index is 9.86. The molecule has 0 spiro atoms. The highest BCUT2D eigenvalue weighted by Gasteiger charge is 2.09. The molecule has 0 aliphatic rings. The van der Waals surface area contributed by atoms with Gasteiger partial charge < -0.3 is 10.0 Å². The Bertz CT molecular complexity index is 270. The van der Waals surface area contributed by atoms with E-state index in [0.717, 1.165) is 24.3 Å². The van der Waals surface area contributed by atoms with Gasteiger partial charge in [-0.05, 0) is 43.9 Å². The number of rotatable bonds is 5. The molecule has 0 aromatic carbocycles. The highest BCUT2D eigenvalue weighted by atomic mass is 32.1. The summed E-state index contributed by atoms with van der Waals surface area (Å²) in [6, 6.07) is 2.12. The average molecular weight is 213 g/mol. The molecule has 0 aliphatic carbocycles. The second kappa shape index (κ2) is 5.49. The highest BCUT2D eigenvalue weighted by Crippen LogP contribution is 2.24. The standard InChI is InChI=1S/C11H19NOS/c1-4-9-7-11(14-8-9)10(13)5-6-12(2)3/h7-8,10,13H,4-6H2,1-3H3. The van der Waals surface area contributed by atoms with E-state index >= 15 is 0 Å². The molecule has 1 aromatic heterocycles. The fourth-order valence-electron chi connectivity index (χ4n) is 1.28. The van der Waals surface area contributed by atoms with E-state index in [1.165, 1.54) is 5.56 Å². The SMILES string of the molecule is CCc1csc(C(O)CCN(C)C)c1. The largest absolute Gasteiger partial charge is 0.388 e. The van der Waals surface area contributed by atoms with Crippen LogP contribution >= 0.6 is 11.3 Å². The van der Waals surface area contributed by atoms with E-state index in [4.69, 9.17) is 0 Å². The lowest BCUT2D eigenvalue weighted by atomic mass is 10.1. The second-order valence-electron chi connectivity index (χ2n) is 3.82. The summed E-state index contributed by atoms with van der Waals surface area (Å²) < 4.78 is 0. The Morgan fingerprint density at radius 2 is 2.21 bits per heavy atom. The number of thiophene rings is 1. The number of hydrogen-bond donors (Lipinski definition) is 1. The molecule has 1 rings (SSSR count). The van der Waals surface area contributed by atoms with Crippen molar-refractivity contribution in [2.75, 3.05) is 20.6 Å². The third kappa shape index (κ3) is 3.40. The van der Waals surface area contributed by atoms with Gasteiger partial charge in [-0.25, -0.2) is 0 Å². The molecule has 0 aliphatic heterocycles. The van der Waals surface area contributed by atoms with Crippen LogP contribution in [0.15, 0.2) is 11.4 Å². The minimum absolute atomic E-state index is 0.289. The normalized spacial score (nSPS) is 13.5. The predicted octanol–water partition coefficient (Wildman–Crippen LogP) is 2.30. The molecule has 1 atom stereocenters. The third-order valence-corrected chi connectivity index (χ3v) is 3.34. The quantitative estimate of drug-likeness (QED) is 0.811. The second-order valence-corrected chi connectivity index (χ2v) is 4.76. The summed E-state index contributed by atoms with van der Waals surface area (Å²) in [5.41, 5.74) is 1.33. The van der Waals surface area contributed by atoms with Crippen molar-refractivity contribution in [2.24, 2.45) is 0 Å². The lowest BCUT2D eigenvalue weighted by Gasteiger charge is -2.12. The summed E-state index contributed by atoms with van der Waals surface area (Å²) in [4.78, 5) is 3.20. The summed E-state index contributed by atoms with van der Waals surface area (Å²) in [6.07, 6.45) is 1.58. The van der Waals surface area contributed by atoms with Gasteiger partial charge in [0.05, 0.1) is 6.10 Å². The Kier molecular flexibility index (Phi) is 4.58. The molecule has 1 aromatic rings. The van der Waals surface area contributed by atoms with Crippen molar-refractivity contribution in [1.82, 2.24) is 4.90 Å². The van der Waals surface area contributed by atoms with E-state index in [1.54, 1.807) is 11.3 Å². The Balaban J connectivity index is 2.47. The Morgan fingerprint density at radius 1 is 1.50 bits per heavy atom. The van der Waals surface area contributed by atoms with Crippen LogP contribution in [0.4, 0.5) is 0 Å². The van der Waals surface area contributed by atoms with Crippen molar-refractivity contribution in [2.45, 2.75) is 25.9 Å². The van der Waals surface area contributed by atoms with Gasteiger partial charge in [0.1, 0.15) is 0 Å². The Morgan fingerprint density at radius 3 is 2.71 bits per heavy atom. The maximum Gasteiger partial charge on any atom is 0.0894 e. The molecule has 2 nitrogen and oxygen atoms in total. The van der Waals surface area contributed by atoms with Gasteiger partial charge in [-0.3, -0.25) is 0 Å². The van der Waals surface area contributed by atoms with E-state index in [9.17, 15) is 5.11 Å². The Labute approximate surface area is 90.2 Å². The number of aliphatic hydroxyl groups excluding tert-OH is 1. The summed E-state index contributed by atoms with van der Waals surface area (Å²) in [6.45, 7) is 3.07. The van der Waals surface area contributed by atoms with Gasteiger partial charge in [0, 0.05) is 11.4 Å². The van der Waals surface area contributed by atoms with Gasteiger partial charge in [0.15, 0.2) is 0 Å². The molecule has 3 heteroatoms. The zero-order chi connectivity index (χ0) is 10.6. The highest BCUT2D eigenvalue weighted by molar-refractivity contribution is 7.10. The van der Waals surface area contributed by atoms with Gasteiger partial charge >= 0.3 is 0 Å². The van der Waals surface area contributed by atoms with Crippen molar-refractivity contribution in [3.8, 4) is 0 Å². The molecule has 0 radical (unpaired) electrons. The molecular formula is C11H19NOS. The van der Waals surface area contributed by atoms with Crippen LogP contribution in [0, 0.1) is 0 Å². The van der Waals surface area contributed by atoms with Gasteiger partial charge in [-0.2, -0.15) is 0 Å². The van der Waals surface area contributed by atoms with E-state index in [2.05, 4.69) is 23.3 Å². The van der Waals surface area contributed by atoms with Gasteiger partial charge in [0.2, 0.25) is 0 Å². The molecule has 1 heterocycles. The maximum absolute atomic E-state index is 9.86. The summed E-state index contributed by atoms with van der Waals surface area (Å²) >= 11 is 1.67. The first-order chi connectivity index (χ1) is 6.63. The monoisotopic (exact) mass is 213 g/mol. The number of aliphatic hydroxyl groups is 1. The third-order valence-electron chi connectivity index (χ3n) is 2.26. The van der Waals surface area contributed by atoms with Crippen LogP contribution in [0.2, 0.25) is 0 Å². The van der Waals surface area contributed by atoms with Crippen molar-refractivity contribution in [3.63, 3.8) is 0 Å². The molecule has 14 heavy (non-hydrogen) atoms. The summed E-state index contributed by atoms with van der Waals surface area (Å²) in [5, 5.41) is 12.0. The molecule has 0 fully saturated rings.